The molecule has 2 fully saturated rings. The lowest BCUT2D eigenvalue weighted by molar-refractivity contribution is -0.129. The Morgan fingerprint density at radius 1 is 1.20 bits per heavy atom. The first kappa shape index (κ1) is 29.3. The molecule has 1 aromatic carbocycles. The summed E-state index contributed by atoms with van der Waals surface area (Å²) in [7, 11) is 0. The van der Waals surface area contributed by atoms with Gasteiger partial charge in [-0.25, -0.2) is 9.78 Å². The molecule has 2 atom stereocenters. The molecule has 11 heteroatoms. The Hall–Kier alpha value is -2.17. The summed E-state index contributed by atoms with van der Waals surface area (Å²) in [6.07, 6.45) is 5.28. The monoisotopic (exact) mass is 607 g/mol. The van der Waals surface area contributed by atoms with Crippen molar-refractivity contribution in [2.45, 2.75) is 89.8 Å². The van der Waals surface area contributed by atoms with Crippen LogP contribution in [0.5, 0.6) is 0 Å². The van der Waals surface area contributed by atoms with Crippen molar-refractivity contribution in [1.82, 2.24) is 14.8 Å². The number of amides is 2. The first-order chi connectivity index (χ1) is 19.1. The molecule has 1 aliphatic carbocycles. The van der Waals surface area contributed by atoms with Crippen molar-refractivity contribution in [1.29, 1.82) is 0 Å². The van der Waals surface area contributed by atoms with Crippen molar-refractivity contribution in [2.75, 3.05) is 13.2 Å². The number of hydrogen-bond acceptors (Lipinski definition) is 7. The summed E-state index contributed by atoms with van der Waals surface area (Å²) in [4.78, 5) is 37.1. The molecule has 2 aliphatic heterocycles. The van der Waals surface area contributed by atoms with Gasteiger partial charge in [-0.2, -0.15) is 0 Å². The molecule has 2 bridgehead atoms. The molecule has 3 aliphatic rings. The van der Waals surface area contributed by atoms with Crippen molar-refractivity contribution in [3.8, 4) is 0 Å². The largest absolute Gasteiger partial charge is 0.444 e. The molecule has 1 aromatic heterocycles. The van der Waals surface area contributed by atoms with Gasteiger partial charge in [0.1, 0.15) is 10.6 Å². The Morgan fingerprint density at radius 2 is 1.98 bits per heavy atom. The van der Waals surface area contributed by atoms with Crippen LogP contribution in [-0.2, 0) is 27.4 Å². The molecule has 2 amide bonds. The Balaban J connectivity index is 1.53. The van der Waals surface area contributed by atoms with Gasteiger partial charge in [0.2, 0.25) is 0 Å². The summed E-state index contributed by atoms with van der Waals surface area (Å²) in [5.41, 5.74) is 1.72. The van der Waals surface area contributed by atoms with Crippen LogP contribution in [0.4, 0.5) is 4.79 Å². The van der Waals surface area contributed by atoms with Crippen molar-refractivity contribution < 1.29 is 24.2 Å². The number of nitrogens with zero attached hydrogens (tertiary/aromatic N) is 3. The molecule has 3 heterocycles. The fraction of sp³-hybridized carbons (Fsp3) is 0.552. The van der Waals surface area contributed by atoms with Crippen molar-refractivity contribution >= 4 is 52.1 Å². The van der Waals surface area contributed by atoms with Gasteiger partial charge in [0, 0.05) is 30.4 Å². The van der Waals surface area contributed by atoms with E-state index in [1.807, 2.05) is 37.8 Å². The third kappa shape index (κ3) is 6.34. The van der Waals surface area contributed by atoms with Crippen molar-refractivity contribution in [3.63, 3.8) is 0 Å². The minimum atomic E-state index is -0.644. The number of rotatable bonds is 9. The predicted molar refractivity (Wildman–Crippen MR) is 155 cm³/mol. The molecule has 0 radical (unpaired) electrons. The van der Waals surface area contributed by atoms with Gasteiger partial charge >= 0.3 is 6.09 Å². The van der Waals surface area contributed by atoms with Crippen molar-refractivity contribution in [3.05, 3.63) is 55.5 Å². The molecule has 8 nitrogen and oxygen atoms in total. The molecule has 2 unspecified atom stereocenters. The fourth-order valence-electron chi connectivity index (χ4n) is 5.51. The van der Waals surface area contributed by atoms with Crippen LogP contribution >= 0.6 is 34.5 Å². The van der Waals surface area contributed by atoms with Gasteiger partial charge in [-0.3, -0.25) is 9.69 Å². The van der Waals surface area contributed by atoms with Gasteiger partial charge in [-0.05, 0) is 70.1 Å². The van der Waals surface area contributed by atoms with Crippen LogP contribution in [0.2, 0.25) is 10.0 Å². The highest BCUT2D eigenvalue weighted by molar-refractivity contribution is 7.12. The normalized spacial score (nSPS) is 20.7. The number of hydrogen-bond donors (Lipinski definition) is 1. The second-order valence-corrected chi connectivity index (χ2v) is 13.4. The zero-order valence-corrected chi connectivity index (χ0v) is 25.3. The predicted octanol–water partition coefficient (Wildman–Crippen LogP) is 6.08. The minimum Gasteiger partial charge on any atom is -0.444 e. The molecule has 5 rings (SSSR count). The van der Waals surface area contributed by atoms with Crippen LogP contribution in [0, 0.1) is 0 Å². The average molecular weight is 609 g/mol. The van der Waals surface area contributed by atoms with E-state index in [4.69, 9.17) is 37.8 Å². The Morgan fingerprint density at radius 3 is 2.67 bits per heavy atom. The summed E-state index contributed by atoms with van der Waals surface area (Å²) in [5.74, 6) is -0.0843. The van der Waals surface area contributed by atoms with E-state index in [2.05, 4.69) is 4.98 Å². The summed E-state index contributed by atoms with van der Waals surface area (Å²) in [6, 6.07) is 5.14. The Kier molecular flexibility index (Phi) is 8.78. The molecular weight excluding hydrogens is 573 g/mol. The van der Waals surface area contributed by atoms with Crippen LogP contribution in [0.25, 0.3) is 5.57 Å². The number of halogens is 2. The zero-order valence-electron chi connectivity index (χ0n) is 23.0. The maximum atomic E-state index is 14.6. The van der Waals surface area contributed by atoms with E-state index in [0.29, 0.717) is 41.6 Å². The number of thiazole rings is 1. The molecule has 40 heavy (non-hydrogen) atoms. The van der Waals surface area contributed by atoms with Crippen molar-refractivity contribution in [2.24, 2.45) is 0 Å². The number of aliphatic hydroxyl groups excluding tert-OH is 1. The lowest BCUT2D eigenvalue weighted by Crippen LogP contribution is -2.50. The van der Waals surface area contributed by atoms with Gasteiger partial charge in [0.25, 0.3) is 5.91 Å². The van der Waals surface area contributed by atoms with E-state index in [0.717, 1.165) is 40.3 Å². The van der Waals surface area contributed by atoms with Crippen LogP contribution in [-0.4, -0.2) is 68.8 Å². The maximum Gasteiger partial charge on any atom is 0.411 e. The lowest BCUT2D eigenvalue weighted by atomic mass is 9.91. The van der Waals surface area contributed by atoms with E-state index in [-0.39, 0.29) is 43.3 Å². The van der Waals surface area contributed by atoms with Gasteiger partial charge in [-0.15, -0.1) is 11.3 Å². The second kappa shape index (κ2) is 12.0. The number of fused-ring (bicyclic) bond motifs is 2. The molecule has 1 saturated heterocycles. The van der Waals surface area contributed by atoms with Gasteiger partial charge in [0.05, 0.1) is 40.8 Å². The van der Waals surface area contributed by atoms with E-state index in [1.165, 1.54) is 11.3 Å². The lowest BCUT2D eigenvalue weighted by Gasteiger charge is -2.39. The topological polar surface area (TPSA) is 92.2 Å². The Bertz CT molecular complexity index is 1300. The van der Waals surface area contributed by atoms with Gasteiger partial charge < -0.3 is 19.5 Å². The first-order valence-corrected chi connectivity index (χ1v) is 15.3. The highest BCUT2D eigenvalue weighted by Crippen LogP contribution is 2.46. The third-order valence-electron chi connectivity index (χ3n) is 7.37. The summed E-state index contributed by atoms with van der Waals surface area (Å²) < 4.78 is 11.3. The molecule has 216 valence electrons. The number of benzene rings is 1. The highest BCUT2D eigenvalue weighted by Gasteiger charge is 2.49. The fourth-order valence-corrected chi connectivity index (χ4v) is 6.81. The SMILES string of the molecule is CC(C)(C)OC(=O)N1C2CCC1C(C(=O)N(Cc1cccc(Cl)c1Cl)C1CC1)=C(c1cnc(COCCO)s1)C2. The number of ether oxygens (including phenoxy) is 2. The third-order valence-corrected chi connectivity index (χ3v) is 9.26. The minimum absolute atomic E-state index is 0.0560. The number of carbonyl (C=O) groups is 2. The number of aliphatic hydroxyl groups is 1. The average Bonchev–Trinajstić information content (AvgIpc) is 3.54. The van der Waals surface area contributed by atoms with Gasteiger partial charge in [-0.1, -0.05) is 35.3 Å². The second-order valence-electron chi connectivity index (χ2n) is 11.5. The number of carbonyl (C=O) groups excluding carboxylic acids is 2. The summed E-state index contributed by atoms with van der Waals surface area (Å²) in [6.45, 7) is 6.37. The standard InChI is InChI=1S/C29H35Cl2N3O5S/c1-29(2,3)39-28(37)34-19-9-10-22(34)25(20(13-19)23-14-32-24(40-23)16-38-12-11-35)27(36)33(18-7-8-18)15-17-5-4-6-21(30)26(17)31/h4-6,14,18-19,22,35H,7-13,15-16H2,1-3H3. The van der Waals surface area contributed by atoms with E-state index in [9.17, 15) is 9.59 Å². The van der Waals surface area contributed by atoms with Gasteiger partial charge in [0.15, 0.2) is 0 Å². The highest BCUT2D eigenvalue weighted by atomic mass is 35.5. The number of aromatic nitrogens is 1. The molecular formula is C29H35Cl2N3O5S. The van der Waals surface area contributed by atoms with E-state index < -0.39 is 5.60 Å². The quantitative estimate of drug-likeness (QED) is 0.348. The van der Waals surface area contributed by atoms with Crippen LogP contribution in [0.1, 0.15) is 68.3 Å². The van der Waals surface area contributed by atoms with E-state index >= 15 is 0 Å². The zero-order chi connectivity index (χ0) is 28.6. The Labute approximate surface area is 248 Å². The maximum absolute atomic E-state index is 14.6. The molecule has 0 spiro atoms. The van der Waals surface area contributed by atoms with Crippen LogP contribution < -0.4 is 0 Å². The molecule has 1 saturated carbocycles. The summed E-state index contributed by atoms with van der Waals surface area (Å²) >= 11 is 14.3. The summed E-state index contributed by atoms with van der Waals surface area (Å²) in [5, 5.41) is 10.7. The van der Waals surface area contributed by atoms with Crippen LogP contribution in [0.3, 0.4) is 0 Å². The first-order valence-electron chi connectivity index (χ1n) is 13.7. The van der Waals surface area contributed by atoms with Crippen LogP contribution in [0.15, 0.2) is 30.0 Å². The smallest absolute Gasteiger partial charge is 0.411 e. The van der Waals surface area contributed by atoms with E-state index in [1.54, 1.807) is 17.2 Å². The molecule has 2 aromatic rings. The molecule has 1 N–H and O–H groups in total.